The van der Waals surface area contributed by atoms with Crippen LogP contribution < -0.4 is 10.3 Å². The van der Waals surface area contributed by atoms with Gasteiger partial charge in [-0.15, -0.1) is 0 Å². The lowest BCUT2D eigenvalue weighted by Gasteiger charge is -2.44. The molecule has 1 N–H and O–H groups in total. The topological polar surface area (TPSA) is 87.7 Å². The summed E-state index contributed by atoms with van der Waals surface area (Å²) >= 11 is 3.79. The molecule has 182 valence electrons. The van der Waals surface area contributed by atoms with Crippen LogP contribution in [-0.4, -0.2) is 75.1 Å². The Morgan fingerprint density at radius 3 is 2.38 bits per heavy atom. The zero-order valence-electron chi connectivity index (χ0n) is 20.1. The molecule has 0 aromatic carbocycles. The van der Waals surface area contributed by atoms with E-state index in [0.29, 0.717) is 12.4 Å². The van der Waals surface area contributed by atoms with Gasteiger partial charge in [-0.1, -0.05) is 29.5 Å². The Balaban J connectivity index is 0.00000249. The first-order chi connectivity index (χ1) is 15.3. The van der Waals surface area contributed by atoms with Crippen LogP contribution in [-0.2, 0) is 16.0 Å². The number of halogens is 1. The number of hydrogen-bond donors (Lipinski definition) is 1. The molecule has 1 aromatic rings. The number of nitrogens with zero attached hydrogens (tertiary/aromatic N) is 4. The predicted molar refractivity (Wildman–Crippen MR) is 141 cm³/mol. The normalized spacial score (nSPS) is 15.2. The van der Waals surface area contributed by atoms with Gasteiger partial charge >= 0.3 is 6.09 Å². The minimum absolute atomic E-state index is 0.0111. The highest BCUT2D eigenvalue weighted by Gasteiger charge is 2.38. The maximum absolute atomic E-state index is 13.3. The van der Waals surface area contributed by atoms with Crippen molar-refractivity contribution in [2.45, 2.75) is 71.1 Å². The van der Waals surface area contributed by atoms with Crippen LogP contribution in [0.2, 0.25) is 0 Å². The lowest BCUT2D eigenvalue weighted by molar-refractivity contribution is -0.113. The minimum Gasteiger partial charge on any atom is -0.442 e. The quantitative estimate of drug-likeness (QED) is 0.202. The Morgan fingerprint density at radius 1 is 1.31 bits per heavy atom. The smallest absolute Gasteiger partial charge is 0.430 e. The van der Waals surface area contributed by atoms with E-state index in [1.54, 1.807) is 29.2 Å². The summed E-state index contributed by atoms with van der Waals surface area (Å²) in [6.07, 6.45) is 8.79. The third kappa shape index (κ3) is 9.01. The highest BCUT2D eigenvalue weighted by Crippen LogP contribution is 2.25. The molecule has 8 nitrogen and oxygen atoms in total. The number of aldehydes is 1. The lowest BCUT2D eigenvalue weighted by Crippen LogP contribution is -2.60. The van der Waals surface area contributed by atoms with Crippen LogP contribution in [0, 0.1) is 0 Å². The molecule has 0 bridgehead atoms. The van der Waals surface area contributed by atoms with Crippen molar-refractivity contribution < 1.29 is 14.3 Å². The average molecular weight is 580 g/mol. The first-order valence-electron chi connectivity index (χ1n) is 11.0. The fraction of sp³-hybridized carbons (Fsp3) is 0.727. The van der Waals surface area contributed by atoms with Crippen LogP contribution >= 0.6 is 34.4 Å². The van der Waals surface area contributed by atoms with E-state index in [-0.39, 0.29) is 6.04 Å². The first kappa shape index (κ1) is 28.9. The van der Waals surface area contributed by atoms with Crippen molar-refractivity contribution in [3.8, 4) is 0 Å². The molecule has 0 spiro atoms. The van der Waals surface area contributed by atoms with Gasteiger partial charge in [-0.25, -0.2) is 24.8 Å². The second-order valence-electron chi connectivity index (χ2n) is 8.38. The maximum atomic E-state index is 13.3. The zero-order valence-corrected chi connectivity index (χ0v) is 23.1. The van der Waals surface area contributed by atoms with E-state index < -0.39 is 17.7 Å². The number of rotatable bonds is 9. The highest BCUT2D eigenvalue weighted by molar-refractivity contribution is 14.1. The van der Waals surface area contributed by atoms with Crippen LogP contribution in [0.15, 0.2) is 12.4 Å². The maximum Gasteiger partial charge on any atom is 0.430 e. The van der Waals surface area contributed by atoms with Gasteiger partial charge in [0.1, 0.15) is 17.9 Å². The van der Waals surface area contributed by atoms with Gasteiger partial charge in [0.25, 0.3) is 0 Å². The van der Waals surface area contributed by atoms with Crippen molar-refractivity contribution in [1.29, 1.82) is 0 Å². The second kappa shape index (κ2) is 14.9. The molecule has 0 radical (unpaired) electrons. The van der Waals surface area contributed by atoms with E-state index >= 15 is 0 Å². The van der Waals surface area contributed by atoms with Gasteiger partial charge in [-0.3, -0.25) is 0 Å². The first-order valence-corrected chi connectivity index (χ1v) is 14.5. The molecule has 0 aliphatic carbocycles. The molecule has 0 unspecified atom stereocenters. The number of anilines is 1. The van der Waals surface area contributed by atoms with E-state index in [4.69, 9.17) is 4.74 Å². The van der Waals surface area contributed by atoms with Gasteiger partial charge in [0.2, 0.25) is 5.95 Å². The largest absolute Gasteiger partial charge is 0.442 e. The number of alkyl halides is 1. The SMILES string of the molecule is CCc1cnc(N(C2CCNCC2)N(C(=O)OC(C)(C)C)[C@H](C=O)CCSC)nc1.CI. The molecule has 1 aliphatic rings. The van der Waals surface area contributed by atoms with Crippen LogP contribution in [0.5, 0.6) is 0 Å². The van der Waals surface area contributed by atoms with Gasteiger partial charge in [0, 0.05) is 12.4 Å². The number of carbonyl (C=O) groups excluding carboxylic acids is 2. The van der Waals surface area contributed by atoms with Crippen LogP contribution in [0.1, 0.15) is 52.5 Å². The van der Waals surface area contributed by atoms with Gasteiger partial charge in [0.15, 0.2) is 0 Å². The summed E-state index contributed by atoms with van der Waals surface area (Å²) < 4.78 is 5.71. The monoisotopic (exact) mass is 579 g/mol. The summed E-state index contributed by atoms with van der Waals surface area (Å²) in [7, 11) is 0. The van der Waals surface area contributed by atoms with E-state index in [2.05, 4.69) is 37.9 Å². The molecule has 1 aromatic heterocycles. The number of hydrogen-bond acceptors (Lipinski definition) is 8. The summed E-state index contributed by atoms with van der Waals surface area (Å²) in [6, 6.07) is -0.667. The van der Waals surface area contributed by atoms with E-state index in [0.717, 1.165) is 50.0 Å². The summed E-state index contributed by atoms with van der Waals surface area (Å²) in [5, 5.41) is 6.60. The van der Waals surface area contributed by atoms with Crippen molar-refractivity contribution in [1.82, 2.24) is 20.3 Å². The molecular weight excluding hydrogens is 541 g/mol. The molecule has 1 aliphatic heterocycles. The predicted octanol–water partition coefficient (Wildman–Crippen LogP) is 4.12. The second-order valence-corrected chi connectivity index (χ2v) is 9.37. The van der Waals surface area contributed by atoms with Crippen LogP contribution in [0.4, 0.5) is 10.7 Å². The molecule has 2 rings (SSSR count). The number of piperidine rings is 1. The Labute approximate surface area is 210 Å². The fourth-order valence-electron chi connectivity index (χ4n) is 3.31. The molecule has 32 heavy (non-hydrogen) atoms. The number of aromatic nitrogens is 2. The summed E-state index contributed by atoms with van der Waals surface area (Å²) in [5.74, 6) is 1.17. The van der Waals surface area contributed by atoms with Crippen molar-refractivity contribution in [3.05, 3.63) is 18.0 Å². The highest BCUT2D eigenvalue weighted by atomic mass is 127. The summed E-state index contributed by atoms with van der Waals surface area (Å²) in [4.78, 5) is 36.5. The van der Waals surface area contributed by atoms with Crippen molar-refractivity contribution in [2.24, 2.45) is 0 Å². The van der Waals surface area contributed by atoms with Crippen LogP contribution in [0.3, 0.4) is 0 Å². The van der Waals surface area contributed by atoms with Gasteiger partial charge in [-0.05, 0) is 82.0 Å². The Bertz CT molecular complexity index is 681. The Hall–Kier alpha value is -1.14. The third-order valence-corrected chi connectivity index (χ3v) is 5.51. The zero-order chi connectivity index (χ0) is 24.1. The van der Waals surface area contributed by atoms with E-state index in [1.165, 1.54) is 5.01 Å². The standard InChI is InChI=1S/C21H35N5O3S.CH3I/c1-6-16-13-23-19(24-14-16)25(17-7-10-22-11-8-17)26(18(15-27)9-12-30-5)20(28)29-21(2,3)4;1-2/h13-15,17-18,22H,6-12H2,1-5H3;1H3/t18-;/m0./s1. The summed E-state index contributed by atoms with van der Waals surface area (Å²) in [6.45, 7) is 9.16. The van der Waals surface area contributed by atoms with Crippen LogP contribution in [0.25, 0.3) is 0 Å². The number of thioether (sulfide) groups is 1. The average Bonchev–Trinajstić information content (AvgIpc) is 2.79. The third-order valence-electron chi connectivity index (χ3n) is 4.86. The number of hydrazine groups is 1. The molecule has 2 heterocycles. The molecule has 1 saturated heterocycles. The number of aryl methyl sites for hydroxylation is 1. The Morgan fingerprint density at radius 2 is 1.91 bits per heavy atom. The number of carbonyl (C=O) groups is 2. The van der Waals surface area contributed by atoms with Crippen molar-refractivity contribution >= 4 is 52.7 Å². The molecule has 10 heteroatoms. The number of amides is 1. The molecular formula is C22H38IN5O3S. The van der Waals surface area contributed by atoms with Crippen molar-refractivity contribution in [2.75, 3.05) is 35.0 Å². The molecule has 1 atom stereocenters. The number of nitrogens with one attached hydrogen (secondary N) is 1. The van der Waals surface area contributed by atoms with E-state index in [1.807, 2.05) is 38.9 Å². The van der Waals surface area contributed by atoms with Gasteiger partial charge in [0.05, 0.1) is 6.04 Å². The minimum atomic E-state index is -0.686. The summed E-state index contributed by atoms with van der Waals surface area (Å²) in [5.41, 5.74) is 0.330. The molecule has 1 fully saturated rings. The Kier molecular flexibility index (Phi) is 13.4. The lowest BCUT2D eigenvalue weighted by atomic mass is 10.1. The van der Waals surface area contributed by atoms with Gasteiger partial charge < -0.3 is 14.8 Å². The van der Waals surface area contributed by atoms with E-state index in [9.17, 15) is 9.59 Å². The fourth-order valence-corrected chi connectivity index (χ4v) is 3.79. The molecule has 1 amide bonds. The van der Waals surface area contributed by atoms with Crippen molar-refractivity contribution in [3.63, 3.8) is 0 Å². The van der Waals surface area contributed by atoms with Gasteiger partial charge in [-0.2, -0.15) is 11.8 Å². The number of ether oxygens (including phenoxy) is 1. The molecule has 0 saturated carbocycles.